The van der Waals surface area contributed by atoms with Gasteiger partial charge in [0.25, 0.3) is 5.92 Å². The van der Waals surface area contributed by atoms with E-state index in [4.69, 9.17) is 11.6 Å². The molecular weight excluding hydrogens is 378 g/mol. The maximum Gasteiger partial charge on any atom is 0.294 e. The second-order valence-electron chi connectivity index (χ2n) is 5.36. The minimum absolute atomic E-state index is 0.266. The first-order chi connectivity index (χ1) is 9.91. The van der Waals surface area contributed by atoms with Crippen LogP contribution in [0.25, 0.3) is 0 Å². The van der Waals surface area contributed by atoms with Crippen LogP contribution >= 0.6 is 39.3 Å². The zero-order chi connectivity index (χ0) is 15.5. The minimum Gasteiger partial charge on any atom is -0.199 e. The lowest BCUT2D eigenvalue weighted by atomic mass is 10.0. The van der Waals surface area contributed by atoms with Crippen molar-refractivity contribution < 1.29 is 8.78 Å². The Labute approximate surface area is 142 Å². The van der Waals surface area contributed by atoms with E-state index in [2.05, 4.69) is 22.5 Å². The summed E-state index contributed by atoms with van der Waals surface area (Å²) in [7, 11) is 0. The fraction of sp³-hybridized carbons (Fsp3) is 0.500. The lowest BCUT2D eigenvalue weighted by molar-refractivity contribution is 0.0491. The van der Waals surface area contributed by atoms with E-state index in [1.165, 1.54) is 18.2 Å². The number of hydrogen-bond acceptors (Lipinski definition) is 1. The molecule has 0 nitrogen and oxygen atoms in total. The Morgan fingerprint density at radius 1 is 1.24 bits per heavy atom. The van der Waals surface area contributed by atoms with Crippen molar-refractivity contribution in [1.29, 1.82) is 0 Å². The van der Waals surface area contributed by atoms with Crippen molar-refractivity contribution in [3.05, 3.63) is 45.9 Å². The molecule has 0 amide bonds. The Bertz CT molecular complexity index is 484. The van der Waals surface area contributed by atoms with Crippen molar-refractivity contribution in [1.82, 2.24) is 0 Å². The van der Waals surface area contributed by atoms with Crippen LogP contribution in [0.3, 0.4) is 0 Å². The number of thioether (sulfide) groups is 1. The quantitative estimate of drug-likeness (QED) is 0.517. The minimum atomic E-state index is -2.99. The fourth-order valence-electron chi connectivity index (χ4n) is 2.55. The van der Waals surface area contributed by atoms with Gasteiger partial charge in [-0.2, -0.15) is 8.78 Å². The van der Waals surface area contributed by atoms with E-state index in [9.17, 15) is 8.78 Å². The molecule has 0 spiro atoms. The molecule has 1 saturated carbocycles. The lowest BCUT2D eigenvalue weighted by Crippen LogP contribution is -2.26. The van der Waals surface area contributed by atoms with E-state index in [1.807, 2.05) is 0 Å². The van der Waals surface area contributed by atoms with Gasteiger partial charge in [0.05, 0.1) is 9.73 Å². The summed E-state index contributed by atoms with van der Waals surface area (Å²) in [6.45, 7) is 3.41. The van der Waals surface area contributed by atoms with Crippen molar-refractivity contribution in [3.8, 4) is 0 Å². The molecule has 1 aliphatic carbocycles. The van der Waals surface area contributed by atoms with Gasteiger partial charge in [0.1, 0.15) is 0 Å². The van der Waals surface area contributed by atoms with Crippen LogP contribution in [0.5, 0.6) is 0 Å². The van der Waals surface area contributed by atoms with Gasteiger partial charge in [0.15, 0.2) is 0 Å². The SMILES string of the molecule is C=C(Br)C(F)(F)C(SC1CCCCC1)c1ccc(Cl)cc1. The van der Waals surface area contributed by atoms with Gasteiger partial charge in [0, 0.05) is 10.3 Å². The van der Waals surface area contributed by atoms with Crippen molar-refractivity contribution in [3.63, 3.8) is 0 Å². The van der Waals surface area contributed by atoms with E-state index in [0.717, 1.165) is 25.7 Å². The van der Waals surface area contributed by atoms with Crippen LogP contribution in [-0.2, 0) is 0 Å². The number of rotatable bonds is 5. The number of alkyl halides is 2. The highest BCUT2D eigenvalue weighted by Crippen LogP contribution is 2.51. The monoisotopic (exact) mass is 394 g/mol. The predicted octanol–water partition coefficient (Wildman–Crippen LogP) is 6.99. The highest BCUT2D eigenvalue weighted by molar-refractivity contribution is 9.11. The molecule has 0 bridgehead atoms. The van der Waals surface area contributed by atoms with Crippen LogP contribution in [0.2, 0.25) is 5.02 Å². The normalized spacial score (nSPS) is 18.5. The molecule has 0 aliphatic heterocycles. The van der Waals surface area contributed by atoms with Crippen LogP contribution in [0.1, 0.15) is 42.9 Å². The first kappa shape index (κ1) is 17.3. The van der Waals surface area contributed by atoms with Gasteiger partial charge < -0.3 is 0 Å². The van der Waals surface area contributed by atoms with Crippen LogP contribution in [0, 0.1) is 0 Å². The largest absolute Gasteiger partial charge is 0.294 e. The fourth-order valence-corrected chi connectivity index (χ4v) is 4.67. The lowest BCUT2D eigenvalue weighted by Gasteiger charge is -2.31. The molecule has 116 valence electrons. The first-order valence-electron chi connectivity index (χ1n) is 7.05. The average molecular weight is 396 g/mol. The highest BCUT2D eigenvalue weighted by atomic mass is 79.9. The van der Waals surface area contributed by atoms with Gasteiger partial charge in [-0.05, 0) is 46.5 Å². The number of benzene rings is 1. The standard InChI is InChI=1S/C16H18BrClF2S/c1-11(17)16(19,20)15(12-7-9-13(18)10-8-12)21-14-5-3-2-4-6-14/h7-10,14-15H,1-6H2. The molecule has 5 heteroatoms. The van der Waals surface area contributed by atoms with E-state index in [0.29, 0.717) is 10.6 Å². The van der Waals surface area contributed by atoms with Crippen LogP contribution in [0.15, 0.2) is 35.3 Å². The van der Waals surface area contributed by atoms with Gasteiger partial charge in [0.2, 0.25) is 0 Å². The third-order valence-corrected chi connectivity index (χ3v) is 6.22. The summed E-state index contributed by atoms with van der Waals surface area (Å²) in [6, 6.07) is 6.70. The maximum atomic E-state index is 14.6. The van der Waals surface area contributed by atoms with E-state index >= 15 is 0 Å². The summed E-state index contributed by atoms with van der Waals surface area (Å²) in [4.78, 5) is 0. The van der Waals surface area contributed by atoms with Gasteiger partial charge in [-0.3, -0.25) is 0 Å². The number of halogens is 4. The molecule has 1 atom stereocenters. The topological polar surface area (TPSA) is 0 Å². The van der Waals surface area contributed by atoms with Gasteiger partial charge >= 0.3 is 0 Å². The summed E-state index contributed by atoms with van der Waals surface area (Å²) >= 11 is 10.1. The molecule has 1 aliphatic rings. The third kappa shape index (κ3) is 4.46. The van der Waals surface area contributed by atoms with Gasteiger partial charge in [-0.15, -0.1) is 11.8 Å². The predicted molar refractivity (Wildman–Crippen MR) is 91.7 cm³/mol. The zero-order valence-corrected chi connectivity index (χ0v) is 14.8. The maximum absolute atomic E-state index is 14.6. The second-order valence-corrected chi connectivity index (χ2v) is 8.16. The molecule has 21 heavy (non-hydrogen) atoms. The Kier molecular flexibility index (Phi) is 6.15. The zero-order valence-electron chi connectivity index (χ0n) is 11.6. The molecule has 0 heterocycles. The van der Waals surface area contributed by atoms with E-state index in [-0.39, 0.29) is 9.73 Å². The molecule has 0 saturated heterocycles. The summed E-state index contributed by atoms with van der Waals surface area (Å²) in [5.74, 6) is -2.99. The summed E-state index contributed by atoms with van der Waals surface area (Å²) in [6.07, 6.45) is 5.50. The molecular formula is C16H18BrClF2S. The molecule has 0 N–H and O–H groups in total. The summed E-state index contributed by atoms with van der Waals surface area (Å²) < 4.78 is 28.8. The molecule has 0 aromatic heterocycles. The Hall–Kier alpha value is -0.0600. The smallest absolute Gasteiger partial charge is 0.199 e. The number of allylic oxidation sites excluding steroid dienone is 1. The first-order valence-corrected chi connectivity index (χ1v) is 9.16. The molecule has 1 unspecified atom stereocenters. The Balaban J connectivity index is 2.25. The van der Waals surface area contributed by atoms with Gasteiger partial charge in [-0.1, -0.05) is 49.6 Å². The van der Waals surface area contributed by atoms with Crippen molar-refractivity contribution in [2.45, 2.75) is 48.5 Å². The molecule has 0 radical (unpaired) electrons. The highest BCUT2D eigenvalue weighted by Gasteiger charge is 2.44. The van der Waals surface area contributed by atoms with Crippen molar-refractivity contribution in [2.75, 3.05) is 0 Å². The summed E-state index contributed by atoms with van der Waals surface area (Å²) in [5, 5.41) is -0.0805. The Morgan fingerprint density at radius 2 is 1.81 bits per heavy atom. The third-order valence-electron chi connectivity index (χ3n) is 3.74. The van der Waals surface area contributed by atoms with E-state index in [1.54, 1.807) is 24.3 Å². The average Bonchev–Trinajstić information content (AvgIpc) is 2.46. The number of hydrogen-bond donors (Lipinski definition) is 0. The van der Waals surface area contributed by atoms with Crippen LogP contribution in [-0.4, -0.2) is 11.2 Å². The Morgan fingerprint density at radius 3 is 2.33 bits per heavy atom. The summed E-state index contributed by atoms with van der Waals surface area (Å²) in [5.41, 5.74) is 0.598. The molecule has 1 fully saturated rings. The van der Waals surface area contributed by atoms with Gasteiger partial charge in [-0.25, -0.2) is 0 Å². The molecule has 1 aromatic carbocycles. The van der Waals surface area contributed by atoms with Crippen molar-refractivity contribution in [2.24, 2.45) is 0 Å². The molecule has 1 aromatic rings. The second kappa shape index (κ2) is 7.47. The van der Waals surface area contributed by atoms with Crippen LogP contribution < -0.4 is 0 Å². The van der Waals surface area contributed by atoms with E-state index < -0.39 is 11.2 Å². The van der Waals surface area contributed by atoms with Crippen LogP contribution in [0.4, 0.5) is 8.78 Å². The van der Waals surface area contributed by atoms with Crippen molar-refractivity contribution >= 4 is 39.3 Å². The molecule has 2 rings (SSSR count).